The van der Waals surface area contributed by atoms with Gasteiger partial charge in [-0.05, 0) is 57.2 Å². The molecule has 0 aliphatic carbocycles. The standard InChI is InChI=1S/C22H35N3O/c1-18(20-10-7-11-23-15-20)14-21(26)24-12-13-25(22(2,3)17-24)16-19-8-5-4-6-9-19/h4-6,8-9,18,20,23H,7,10-17H2,1-3H3. The Morgan fingerprint density at radius 1 is 1.27 bits per heavy atom. The molecule has 0 bridgehead atoms. The summed E-state index contributed by atoms with van der Waals surface area (Å²) in [5, 5.41) is 3.48. The summed E-state index contributed by atoms with van der Waals surface area (Å²) in [6, 6.07) is 10.6. The fourth-order valence-corrected chi connectivity index (χ4v) is 4.44. The minimum Gasteiger partial charge on any atom is -0.340 e. The van der Waals surface area contributed by atoms with Crippen LogP contribution in [0.5, 0.6) is 0 Å². The first-order valence-electron chi connectivity index (χ1n) is 10.2. The van der Waals surface area contributed by atoms with Gasteiger partial charge in [-0.1, -0.05) is 37.3 Å². The van der Waals surface area contributed by atoms with E-state index in [1.165, 1.54) is 18.4 Å². The lowest BCUT2D eigenvalue weighted by Gasteiger charge is -2.47. The lowest BCUT2D eigenvalue weighted by molar-refractivity contribution is -0.137. The molecular weight excluding hydrogens is 322 g/mol. The summed E-state index contributed by atoms with van der Waals surface area (Å²) < 4.78 is 0. The molecule has 2 atom stereocenters. The highest BCUT2D eigenvalue weighted by Crippen LogP contribution is 2.27. The van der Waals surface area contributed by atoms with E-state index in [0.717, 1.165) is 39.3 Å². The molecule has 0 radical (unpaired) electrons. The van der Waals surface area contributed by atoms with Gasteiger partial charge in [-0.25, -0.2) is 0 Å². The molecule has 1 N–H and O–H groups in total. The number of nitrogens with one attached hydrogen (secondary N) is 1. The van der Waals surface area contributed by atoms with Crippen LogP contribution in [0.15, 0.2) is 30.3 Å². The third kappa shape index (κ3) is 4.86. The number of piperazine rings is 1. The number of rotatable bonds is 5. The van der Waals surface area contributed by atoms with Gasteiger partial charge in [0.1, 0.15) is 0 Å². The second kappa shape index (κ2) is 8.53. The van der Waals surface area contributed by atoms with Crippen LogP contribution < -0.4 is 5.32 Å². The summed E-state index contributed by atoms with van der Waals surface area (Å²) in [6.07, 6.45) is 3.20. The van der Waals surface area contributed by atoms with Gasteiger partial charge in [-0.3, -0.25) is 9.69 Å². The monoisotopic (exact) mass is 357 g/mol. The number of nitrogens with zero attached hydrogens (tertiary/aromatic N) is 2. The largest absolute Gasteiger partial charge is 0.340 e. The highest BCUT2D eigenvalue weighted by molar-refractivity contribution is 5.76. The minimum atomic E-state index is 0.0133. The molecule has 1 aromatic carbocycles. The summed E-state index contributed by atoms with van der Waals surface area (Å²) in [5.74, 6) is 1.47. The van der Waals surface area contributed by atoms with E-state index in [9.17, 15) is 4.79 Å². The topological polar surface area (TPSA) is 35.6 Å². The Kier molecular flexibility index (Phi) is 6.36. The second-order valence-electron chi connectivity index (χ2n) is 8.82. The van der Waals surface area contributed by atoms with Gasteiger partial charge in [0.25, 0.3) is 0 Å². The predicted octanol–water partition coefficient (Wildman–Crippen LogP) is 3.14. The summed E-state index contributed by atoms with van der Waals surface area (Å²) in [6.45, 7) is 12.6. The van der Waals surface area contributed by atoms with E-state index >= 15 is 0 Å². The molecule has 2 aliphatic heterocycles. The van der Waals surface area contributed by atoms with Crippen molar-refractivity contribution in [3.8, 4) is 0 Å². The molecule has 2 unspecified atom stereocenters. The molecule has 4 nitrogen and oxygen atoms in total. The van der Waals surface area contributed by atoms with Crippen molar-refractivity contribution in [3.05, 3.63) is 35.9 Å². The first-order chi connectivity index (χ1) is 12.5. The maximum Gasteiger partial charge on any atom is 0.222 e. The molecule has 0 spiro atoms. The van der Waals surface area contributed by atoms with Crippen LogP contribution in [0.4, 0.5) is 0 Å². The maximum atomic E-state index is 12.9. The van der Waals surface area contributed by atoms with Gasteiger partial charge in [-0.15, -0.1) is 0 Å². The Balaban J connectivity index is 1.53. The SMILES string of the molecule is CC(CC(=O)N1CCN(Cc2ccccc2)C(C)(C)C1)C1CCCNC1. The summed E-state index contributed by atoms with van der Waals surface area (Å²) in [5.41, 5.74) is 1.36. The van der Waals surface area contributed by atoms with Crippen LogP contribution in [0.2, 0.25) is 0 Å². The molecule has 2 heterocycles. The fourth-order valence-electron chi connectivity index (χ4n) is 4.44. The normalized spacial score (nSPS) is 25.0. The molecule has 2 aliphatic rings. The molecule has 26 heavy (non-hydrogen) atoms. The Bertz CT molecular complexity index is 580. The van der Waals surface area contributed by atoms with Gasteiger partial charge in [0.05, 0.1) is 0 Å². The maximum absolute atomic E-state index is 12.9. The Morgan fingerprint density at radius 3 is 2.69 bits per heavy atom. The van der Waals surface area contributed by atoms with Crippen molar-refractivity contribution < 1.29 is 4.79 Å². The predicted molar refractivity (Wildman–Crippen MR) is 107 cm³/mol. The summed E-state index contributed by atoms with van der Waals surface area (Å²) >= 11 is 0. The first kappa shape index (κ1) is 19.4. The van der Waals surface area contributed by atoms with Gasteiger partial charge in [0.15, 0.2) is 0 Å². The summed E-state index contributed by atoms with van der Waals surface area (Å²) in [4.78, 5) is 17.5. The van der Waals surface area contributed by atoms with Crippen molar-refractivity contribution in [3.63, 3.8) is 0 Å². The molecule has 0 aromatic heterocycles. The highest BCUT2D eigenvalue weighted by Gasteiger charge is 2.36. The third-order valence-corrected chi connectivity index (χ3v) is 6.28. The molecule has 0 saturated carbocycles. The summed E-state index contributed by atoms with van der Waals surface area (Å²) in [7, 11) is 0. The van der Waals surface area contributed by atoms with E-state index in [1.54, 1.807) is 0 Å². The van der Waals surface area contributed by atoms with Crippen molar-refractivity contribution in [2.45, 2.75) is 52.1 Å². The minimum absolute atomic E-state index is 0.0133. The lowest BCUT2D eigenvalue weighted by atomic mass is 9.85. The van der Waals surface area contributed by atoms with Crippen molar-refractivity contribution >= 4 is 5.91 Å². The van der Waals surface area contributed by atoms with Gasteiger partial charge < -0.3 is 10.2 Å². The Hall–Kier alpha value is -1.39. The van der Waals surface area contributed by atoms with E-state index in [1.807, 2.05) is 0 Å². The Morgan fingerprint density at radius 2 is 2.04 bits per heavy atom. The van der Waals surface area contributed by atoms with Gasteiger partial charge in [0, 0.05) is 38.1 Å². The van der Waals surface area contributed by atoms with Crippen molar-refractivity contribution in [2.24, 2.45) is 11.8 Å². The zero-order valence-corrected chi connectivity index (χ0v) is 16.7. The van der Waals surface area contributed by atoms with Crippen LogP contribution in [0.3, 0.4) is 0 Å². The first-order valence-corrected chi connectivity index (χ1v) is 10.2. The van der Waals surface area contributed by atoms with Crippen LogP contribution in [-0.2, 0) is 11.3 Å². The van der Waals surface area contributed by atoms with Crippen LogP contribution >= 0.6 is 0 Å². The van der Waals surface area contributed by atoms with Crippen LogP contribution in [0.1, 0.15) is 45.6 Å². The van der Waals surface area contributed by atoms with Crippen LogP contribution in [0, 0.1) is 11.8 Å². The molecule has 4 heteroatoms. The van der Waals surface area contributed by atoms with E-state index in [2.05, 4.69) is 66.2 Å². The van der Waals surface area contributed by atoms with E-state index in [4.69, 9.17) is 0 Å². The van der Waals surface area contributed by atoms with Gasteiger partial charge >= 0.3 is 0 Å². The third-order valence-electron chi connectivity index (χ3n) is 6.28. The number of hydrogen-bond acceptors (Lipinski definition) is 3. The van der Waals surface area contributed by atoms with Crippen molar-refractivity contribution in [2.75, 3.05) is 32.7 Å². The van der Waals surface area contributed by atoms with Crippen LogP contribution in [-0.4, -0.2) is 54.0 Å². The average Bonchev–Trinajstić information content (AvgIpc) is 2.64. The highest BCUT2D eigenvalue weighted by atomic mass is 16.2. The average molecular weight is 358 g/mol. The van der Waals surface area contributed by atoms with E-state index in [-0.39, 0.29) is 5.54 Å². The molecule has 1 amide bonds. The number of carbonyl (C=O) groups excluding carboxylic acids is 1. The number of benzene rings is 1. The number of amides is 1. The molecule has 1 aromatic rings. The zero-order valence-electron chi connectivity index (χ0n) is 16.7. The quantitative estimate of drug-likeness (QED) is 0.879. The number of piperidine rings is 1. The zero-order chi connectivity index (χ0) is 18.6. The second-order valence-corrected chi connectivity index (χ2v) is 8.82. The molecule has 2 saturated heterocycles. The number of carbonyl (C=O) groups is 1. The lowest BCUT2D eigenvalue weighted by Crippen LogP contribution is -2.60. The van der Waals surface area contributed by atoms with Gasteiger partial charge in [-0.2, -0.15) is 0 Å². The molecular formula is C22H35N3O. The fraction of sp³-hybridized carbons (Fsp3) is 0.682. The van der Waals surface area contributed by atoms with Crippen molar-refractivity contribution in [1.29, 1.82) is 0 Å². The smallest absolute Gasteiger partial charge is 0.222 e. The van der Waals surface area contributed by atoms with Gasteiger partial charge in [0.2, 0.25) is 5.91 Å². The number of hydrogen-bond donors (Lipinski definition) is 1. The van der Waals surface area contributed by atoms with E-state index in [0.29, 0.717) is 24.2 Å². The molecule has 2 fully saturated rings. The van der Waals surface area contributed by atoms with E-state index < -0.39 is 0 Å². The van der Waals surface area contributed by atoms with Crippen molar-refractivity contribution in [1.82, 2.24) is 15.1 Å². The Labute approximate surface area is 158 Å². The molecule has 144 valence electrons. The molecule has 3 rings (SSSR count). The van der Waals surface area contributed by atoms with Crippen LogP contribution in [0.25, 0.3) is 0 Å².